The highest BCUT2D eigenvalue weighted by Crippen LogP contribution is 2.21. The van der Waals surface area contributed by atoms with E-state index in [1.807, 2.05) is 47.1 Å². The molecular weight excluding hydrogens is 378 g/mol. The molecule has 0 bridgehead atoms. The zero-order valence-corrected chi connectivity index (χ0v) is 17.9. The van der Waals surface area contributed by atoms with Gasteiger partial charge in [-0.15, -0.1) is 0 Å². The molecule has 1 aromatic carbocycles. The van der Waals surface area contributed by atoms with Crippen molar-refractivity contribution in [2.45, 2.75) is 45.3 Å². The maximum Gasteiger partial charge on any atom is 0.332 e. The van der Waals surface area contributed by atoms with E-state index in [9.17, 15) is 9.59 Å². The Morgan fingerprint density at radius 2 is 1.87 bits per heavy atom. The summed E-state index contributed by atoms with van der Waals surface area (Å²) in [6, 6.07) is 10.6. The fourth-order valence-electron chi connectivity index (χ4n) is 4.24. The van der Waals surface area contributed by atoms with Gasteiger partial charge < -0.3 is 4.57 Å². The summed E-state index contributed by atoms with van der Waals surface area (Å²) in [4.78, 5) is 32.6. The van der Waals surface area contributed by atoms with Gasteiger partial charge in [0.05, 0.1) is 6.54 Å². The van der Waals surface area contributed by atoms with Gasteiger partial charge in [-0.1, -0.05) is 48.9 Å². The fraction of sp³-hybridized carbons (Fsp3) is 0.435. The van der Waals surface area contributed by atoms with Crippen molar-refractivity contribution in [3.05, 3.63) is 68.6 Å². The maximum atomic E-state index is 13.0. The predicted octanol–water partition coefficient (Wildman–Crippen LogP) is 2.52. The molecule has 1 atom stereocenters. The van der Waals surface area contributed by atoms with E-state index >= 15 is 0 Å². The summed E-state index contributed by atoms with van der Waals surface area (Å²) in [6.45, 7) is 4.47. The Morgan fingerprint density at radius 1 is 1.10 bits per heavy atom. The lowest BCUT2D eigenvalue weighted by atomic mass is 10.0. The molecule has 0 saturated carbocycles. The number of piperidine rings is 1. The number of allylic oxidation sites excluding steroid dienone is 1. The van der Waals surface area contributed by atoms with Gasteiger partial charge in [-0.05, 0) is 31.9 Å². The van der Waals surface area contributed by atoms with Crippen molar-refractivity contribution in [1.29, 1.82) is 0 Å². The molecule has 0 radical (unpaired) electrons. The van der Waals surface area contributed by atoms with Crippen molar-refractivity contribution in [1.82, 2.24) is 23.6 Å². The summed E-state index contributed by atoms with van der Waals surface area (Å²) in [5, 5.41) is 0. The van der Waals surface area contributed by atoms with E-state index < -0.39 is 0 Å². The van der Waals surface area contributed by atoms with Crippen LogP contribution in [0.15, 0.2) is 46.0 Å². The normalized spacial score (nSPS) is 17.9. The molecule has 1 saturated heterocycles. The Hall–Kier alpha value is -2.93. The van der Waals surface area contributed by atoms with Crippen LogP contribution >= 0.6 is 0 Å². The average Bonchev–Trinajstić information content (AvgIpc) is 3.11. The minimum absolute atomic E-state index is 0.299. The Kier molecular flexibility index (Phi) is 5.72. The molecule has 0 aliphatic carbocycles. The Bertz CT molecular complexity index is 1190. The highest BCUT2D eigenvalue weighted by Gasteiger charge is 2.23. The van der Waals surface area contributed by atoms with Crippen LogP contribution in [0.3, 0.4) is 0 Å². The Balaban J connectivity index is 1.78. The zero-order valence-electron chi connectivity index (χ0n) is 17.9. The first-order valence-corrected chi connectivity index (χ1v) is 10.6. The van der Waals surface area contributed by atoms with Crippen molar-refractivity contribution in [3.8, 4) is 0 Å². The van der Waals surface area contributed by atoms with Gasteiger partial charge in [-0.25, -0.2) is 9.78 Å². The highest BCUT2D eigenvalue weighted by molar-refractivity contribution is 5.71. The largest absolute Gasteiger partial charge is 0.332 e. The fourth-order valence-corrected chi connectivity index (χ4v) is 4.24. The van der Waals surface area contributed by atoms with Crippen molar-refractivity contribution in [2.24, 2.45) is 14.1 Å². The van der Waals surface area contributed by atoms with Crippen LogP contribution in [0.4, 0.5) is 0 Å². The van der Waals surface area contributed by atoms with E-state index in [0.29, 0.717) is 30.3 Å². The van der Waals surface area contributed by atoms with Gasteiger partial charge in [0.25, 0.3) is 5.56 Å². The number of benzene rings is 1. The number of likely N-dealkylation sites (tertiary alicyclic amines) is 1. The number of aromatic nitrogens is 4. The molecule has 7 heteroatoms. The second-order valence-electron chi connectivity index (χ2n) is 8.14. The molecular formula is C23H29N5O2. The topological polar surface area (TPSA) is 65.1 Å². The van der Waals surface area contributed by atoms with Crippen LogP contribution in [0.5, 0.6) is 0 Å². The standard InChI is InChI=1S/C23H29N5O2/c1-17-10-7-8-14-27(17)16-19-24-21-20(22(29)26(3)23(30)25(21)2)28(19)15-9-13-18-11-5-4-6-12-18/h4-6,9,11-13,17H,7-8,10,14-16H2,1-3H3. The lowest BCUT2D eigenvalue weighted by Gasteiger charge is -2.32. The number of nitrogens with zero attached hydrogens (tertiary/aromatic N) is 5. The molecule has 1 aliphatic rings. The molecule has 2 aromatic heterocycles. The summed E-state index contributed by atoms with van der Waals surface area (Å²) >= 11 is 0. The Morgan fingerprint density at radius 3 is 2.60 bits per heavy atom. The first-order chi connectivity index (χ1) is 14.5. The van der Waals surface area contributed by atoms with Crippen LogP contribution in [0.25, 0.3) is 17.2 Å². The molecule has 1 fully saturated rings. The van der Waals surface area contributed by atoms with Crippen LogP contribution in [0.2, 0.25) is 0 Å². The van der Waals surface area contributed by atoms with Crippen LogP contribution in [-0.2, 0) is 27.2 Å². The smallest absolute Gasteiger partial charge is 0.317 e. The molecule has 3 heterocycles. The molecule has 158 valence electrons. The van der Waals surface area contributed by atoms with E-state index in [2.05, 4.69) is 11.8 Å². The van der Waals surface area contributed by atoms with Crippen LogP contribution in [-0.4, -0.2) is 36.2 Å². The van der Waals surface area contributed by atoms with Crippen LogP contribution in [0.1, 0.15) is 37.6 Å². The summed E-state index contributed by atoms with van der Waals surface area (Å²) in [7, 11) is 3.20. The van der Waals surface area contributed by atoms with Gasteiger partial charge in [0.15, 0.2) is 11.2 Å². The van der Waals surface area contributed by atoms with Crippen LogP contribution in [0, 0.1) is 0 Å². The Labute approximate surface area is 175 Å². The van der Waals surface area contributed by atoms with E-state index in [4.69, 9.17) is 4.98 Å². The second-order valence-corrected chi connectivity index (χ2v) is 8.14. The molecule has 3 aromatic rings. The van der Waals surface area contributed by atoms with Crippen molar-refractivity contribution in [3.63, 3.8) is 0 Å². The zero-order chi connectivity index (χ0) is 21.3. The molecule has 30 heavy (non-hydrogen) atoms. The average molecular weight is 408 g/mol. The number of rotatable bonds is 5. The lowest BCUT2D eigenvalue weighted by Crippen LogP contribution is -2.38. The van der Waals surface area contributed by atoms with Gasteiger partial charge in [0.2, 0.25) is 0 Å². The number of imidazole rings is 1. The first kappa shape index (κ1) is 20.3. The van der Waals surface area contributed by atoms with Crippen molar-refractivity contribution >= 4 is 17.2 Å². The third-order valence-corrected chi connectivity index (χ3v) is 6.11. The molecule has 0 N–H and O–H groups in total. The quantitative estimate of drug-likeness (QED) is 0.652. The number of hydrogen-bond donors (Lipinski definition) is 0. The first-order valence-electron chi connectivity index (χ1n) is 10.6. The van der Waals surface area contributed by atoms with E-state index in [-0.39, 0.29) is 11.2 Å². The summed E-state index contributed by atoms with van der Waals surface area (Å²) in [6.07, 6.45) is 7.70. The predicted molar refractivity (Wildman–Crippen MR) is 119 cm³/mol. The summed E-state index contributed by atoms with van der Waals surface area (Å²) in [5.41, 5.74) is 1.39. The minimum atomic E-state index is -0.352. The van der Waals surface area contributed by atoms with Crippen molar-refractivity contribution < 1.29 is 0 Å². The molecule has 1 aliphatic heterocycles. The third-order valence-electron chi connectivity index (χ3n) is 6.11. The molecule has 0 spiro atoms. The van der Waals surface area contributed by atoms with Gasteiger partial charge in [0, 0.05) is 26.7 Å². The summed E-state index contributed by atoms with van der Waals surface area (Å²) in [5.74, 6) is 0.828. The van der Waals surface area contributed by atoms with Gasteiger partial charge >= 0.3 is 5.69 Å². The summed E-state index contributed by atoms with van der Waals surface area (Å²) < 4.78 is 4.60. The molecule has 7 nitrogen and oxygen atoms in total. The highest BCUT2D eigenvalue weighted by atomic mass is 16.2. The minimum Gasteiger partial charge on any atom is -0.317 e. The monoisotopic (exact) mass is 407 g/mol. The van der Waals surface area contributed by atoms with Crippen LogP contribution < -0.4 is 11.2 Å². The molecule has 0 amide bonds. The van der Waals surface area contributed by atoms with E-state index in [0.717, 1.165) is 22.5 Å². The molecule has 4 rings (SSSR count). The molecule has 1 unspecified atom stereocenters. The van der Waals surface area contributed by atoms with Gasteiger partial charge in [0.1, 0.15) is 5.82 Å². The SMILES string of the molecule is CC1CCCCN1Cc1nc2c(c(=O)n(C)c(=O)n2C)n1CC=Cc1ccccc1. The maximum absolute atomic E-state index is 13.0. The van der Waals surface area contributed by atoms with Gasteiger partial charge in [-0.3, -0.25) is 18.8 Å². The number of aryl methyl sites for hydroxylation is 1. The third kappa shape index (κ3) is 3.77. The second kappa shape index (κ2) is 8.44. The number of fused-ring (bicyclic) bond motifs is 1. The van der Waals surface area contributed by atoms with Gasteiger partial charge in [-0.2, -0.15) is 0 Å². The van der Waals surface area contributed by atoms with Crippen molar-refractivity contribution in [2.75, 3.05) is 6.54 Å². The number of hydrogen-bond acceptors (Lipinski definition) is 4. The lowest BCUT2D eigenvalue weighted by molar-refractivity contribution is 0.147. The van der Waals surface area contributed by atoms with E-state index in [1.54, 1.807) is 7.05 Å². The van der Waals surface area contributed by atoms with E-state index in [1.165, 1.54) is 30.9 Å².